The first kappa shape index (κ1) is 17.4. The Kier molecular flexibility index (Phi) is 5.58. The van der Waals surface area contributed by atoms with E-state index >= 15 is 0 Å². The molecule has 2 rings (SSSR count). The quantitative estimate of drug-likeness (QED) is 0.868. The van der Waals surface area contributed by atoms with Crippen LogP contribution in [0, 0.1) is 5.92 Å². The van der Waals surface area contributed by atoms with Gasteiger partial charge in [0.1, 0.15) is 5.75 Å². The molecule has 5 nitrogen and oxygen atoms in total. The van der Waals surface area contributed by atoms with Crippen molar-refractivity contribution in [3.8, 4) is 5.75 Å². The number of benzene rings is 1. The molecule has 1 amide bonds. The van der Waals surface area contributed by atoms with Crippen LogP contribution in [0.25, 0.3) is 0 Å². The van der Waals surface area contributed by atoms with E-state index in [9.17, 15) is 13.2 Å². The summed E-state index contributed by atoms with van der Waals surface area (Å²) in [5, 5.41) is 3.53. The summed E-state index contributed by atoms with van der Waals surface area (Å²) in [6.45, 7) is 1.94. The Morgan fingerprint density at radius 3 is 2.77 bits per heavy atom. The molecule has 0 aliphatic carbocycles. The highest BCUT2D eigenvalue weighted by atomic mass is 35.5. The van der Waals surface area contributed by atoms with Gasteiger partial charge in [-0.1, -0.05) is 23.2 Å². The topological polar surface area (TPSA) is 72.5 Å². The molecule has 0 bridgehead atoms. The predicted octanol–water partition coefficient (Wildman–Crippen LogP) is 2.31. The standard InChI is InChI=1S/C14H17Cl2NO4S/c1-9(21-13-3-2-11(15)6-12(13)16)14(18)17-7-10-4-5-22(19,20)8-10/h2-3,6,9-10H,4-5,7-8H2,1H3,(H,17,18). The van der Waals surface area contributed by atoms with Crippen LogP contribution in [0.5, 0.6) is 5.75 Å². The molecule has 0 radical (unpaired) electrons. The molecule has 0 spiro atoms. The smallest absolute Gasteiger partial charge is 0.260 e. The van der Waals surface area contributed by atoms with Gasteiger partial charge in [0.2, 0.25) is 0 Å². The molecule has 2 atom stereocenters. The van der Waals surface area contributed by atoms with Crippen LogP contribution in [0.4, 0.5) is 0 Å². The molecule has 1 fully saturated rings. The van der Waals surface area contributed by atoms with E-state index in [1.807, 2.05) is 0 Å². The highest BCUT2D eigenvalue weighted by molar-refractivity contribution is 7.91. The fourth-order valence-electron chi connectivity index (χ4n) is 2.24. The molecule has 1 aromatic rings. The van der Waals surface area contributed by atoms with Crippen molar-refractivity contribution < 1.29 is 17.9 Å². The molecular formula is C14H17Cl2NO4S. The minimum Gasteiger partial charge on any atom is -0.479 e. The zero-order valence-corrected chi connectivity index (χ0v) is 14.3. The average molecular weight is 366 g/mol. The van der Waals surface area contributed by atoms with Gasteiger partial charge in [-0.3, -0.25) is 4.79 Å². The maximum Gasteiger partial charge on any atom is 0.260 e. The van der Waals surface area contributed by atoms with E-state index in [2.05, 4.69) is 5.32 Å². The number of hydrogen-bond donors (Lipinski definition) is 1. The van der Waals surface area contributed by atoms with Gasteiger partial charge >= 0.3 is 0 Å². The number of halogens is 2. The summed E-state index contributed by atoms with van der Waals surface area (Å²) < 4.78 is 28.2. The minimum absolute atomic E-state index is 0.0275. The molecule has 0 saturated carbocycles. The van der Waals surface area contributed by atoms with Gasteiger partial charge in [-0.15, -0.1) is 0 Å². The Morgan fingerprint density at radius 1 is 1.45 bits per heavy atom. The zero-order valence-electron chi connectivity index (χ0n) is 12.0. The average Bonchev–Trinajstić information content (AvgIpc) is 2.78. The number of rotatable bonds is 5. The lowest BCUT2D eigenvalue weighted by atomic mass is 10.1. The first-order valence-corrected chi connectivity index (χ1v) is 9.44. The molecule has 1 heterocycles. The summed E-state index contributed by atoms with van der Waals surface area (Å²) in [4.78, 5) is 12.0. The third-order valence-corrected chi connectivity index (χ3v) is 5.83. The SMILES string of the molecule is CC(Oc1ccc(Cl)cc1Cl)C(=O)NCC1CCS(=O)(=O)C1. The lowest BCUT2D eigenvalue weighted by Crippen LogP contribution is -2.39. The van der Waals surface area contributed by atoms with Crippen LogP contribution < -0.4 is 10.1 Å². The van der Waals surface area contributed by atoms with Crippen molar-refractivity contribution >= 4 is 38.9 Å². The number of carbonyl (C=O) groups excluding carboxylic acids is 1. The Morgan fingerprint density at radius 2 is 2.18 bits per heavy atom. The Hall–Kier alpha value is -0.980. The van der Waals surface area contributed by atoms with Crippen LogP contribution in [0.1, 0.15) is 13.3 Å². The highest BCUT2D eigenvalue weighted by Crippen LogP contribution is 2.28. The van der Waals surface area contributed by atoms with Crippen LogP contribution in [0.15, 0.2) is 18.2 Å². The summed E-state index contributed by atoms with van der Waals surface area (Å²) in [6.07, 6.45) is -0.155. The van der Waals surface area contributed by atoms with Gasteiger partial charge in [0.25, 0.3) is 5.91 Å². The van der Waals surface area contributed by atoms with Crippen molar-refractivity contribution in [1.29, 1.82) is 0 Å². The third-order valence-electron chi connectivity index (χ3n) is 3.46. The molecule has 1 aromatic carbocycles. The number of carbonyl (C=O) groups is 1. The number of amides is 1. The Labute approximate surface area is 139 Å². The van der Waals surface area contributed by atoms with Gasteiger partial charge in [0.05, 0.1) is 16.5 Å². The van der Waals surface area contributed by atoms with Crippen molar-refractivity contribution in [2.75, 3.05) is 18.1 Å². The van der Waals surface area contributed by atoms with Crippen molar-refractivity contribution in [2.45, 2.75) is 19.4 Å². The normalized spacial score (nSPS) is 21.3. The predicted molar refractivity (Wildman–Crippen MR) is 86.3 cm³/mol. The lowest BCUT2D eigenvalue weighted by molar-refractivity contribution is -0.127. The number of sulfone groups is 1. The van der Waals surface area contributed by atoms with Crippen molar-refractivity contribution in [1.82, 2.24) is 5.32 Å². The molecule has 1 N–H and O–H groups in total. The summed E-state index contributed by atoms with van der Waals surface area (Å²) in [7, 11) is -2.93. The maximum atomic E-state index is 12.0. The van der Waals surface area contributed by atoms with Gasteiger partial charge in [0.15, 0.2) is 15.9 Å². The van der Waals surface area contributed by atoms with Gasteiger partial charge in [-0.25, -0.2) is 8.42 Å². The number of ether oxygens (including phenoxy) is 1. The van der Waals surface area contributed by atoms with Gasteiger partial charge in [0, 0.05) is 11.6 Å². The van der Waals surface area contributed by atoms with Crippen LogP contribution in [-0.4, -0.2) is 38.5 Å². The minimum atomic E-state index is -2.93. The number of nitrogens with one attached hydrogen (secondary N) is 1. The Balaban J connectivity index is 1.84. The van der Waals surface area contributed by atoms with E-state index in [1.165, 1.54) is 6.07 Å². The molecule has 1 saturated heterocycles. The maximum absolute atomic E-state index is 12.0. The molecule has 22 heavy (non-hydrogen) atoms. The van der Waals surface area contributed by atoms with Gasteiger partial charge < -0.3 is 10.1 Å². The summed E-state index contributed by atoms with van der Waals surface area (Å²) >= 11 is 11.8. The van der Waals surface area contributed by atoms with Gasteiger partial charge in [-0.05, 0) is 37.5 Å². The fourth-order valence-corrected chi connectivity index (χ4v) is 4.55. The summed E-state index contributed by atoms with van der Waals surface area (Å²) in [5.41, 5.74) is 0. The first-order valence-electron chi connectivity index (χ1n) is 6.86. The highest BCUT2D eigenvalue weighted by Gasteiger charge is 2.28. The molecule has 8 heteroatoms. The first-order chi connectivity index (χ1) is 10.3. The Bertz CT molecular complexity index is 663. The largest absolute Gasteiger partial charge is 0.479 e. The van der Waals surface area contributed by atoms with Crippen molar-refractivity contribution in [3.05, 3.63) is 28.2 Å². The van der Waals surface area contributed by atoms with E-state index in [0.29, 0.717) is 28.8 Å². The van der Waals surface area contributed by atoms with Crippen LogP contribution in [-0.2, 0) is 14.6 Å². The number of hydrogen-bond acceptors (Lipinski definition) is 4. The van der Waals surface area contributed by atoms with Crippen molar-refractivity contribution in [3.63, 3.8) is 0 Å². The molecule has 0 aromatic heterocycles. The lowest BCUT2D eigenvalue weighted by Gasteiger charge is -2.17. The molecule has 2 unspecified atom stereocenters. The molecule has 1 aliphatic heterocycles. The second-order valence-corrected chi connectivity index (χ2v) is 8.42. The van der Waals surface area contributed by atoms with Gasteiger partial charge in [-0.2, -0.15) is 0 Å². The van der Waals surface area contributed by atoms with Crippen LogP contribution >= 0.6 is 23.2 Å². The second-order valence-electron chi connectivity index (χ2n) is 5.35. The van der Waals surface area contributed by atoms with E-state index in [1.54, 1.807) is 19.1 Å². The summed E-state index contributed by atoms with van der Waals surface area (Å²) in [6, 6.07) is 4.75. The summed E-state index contributed by atoms with van der Waals surface area (Å²) in [5.74, 6) is 0.360. The third kappa shape index (κ3) is 4.76. The molecular weight excluding hydrogens is 349 g/mol. The van der Waals surface area contributed by atoms with E-state index < -0.39 is 15.9 Å². The van der Waals surface area contributed by atoms with Crippen LogP contribution in [0.2, 0.25) is 10.0 Å². The van der Waals surface area contributed by atoms with Crippen molar-refractivity contribution in [2.24, 2.45) is 5.92 Å². The van der Waals surface area contributed by atoms with Crippen LogP contribution in [0.3, 0.4) is 0 Å². The monoisotopic (exact) mass is 365 g/mol. The second kappa shape index (κ2) is 7.06. The van der Waals surface area contributed by atoms with E-state index in [0.717, 1.165) is 0 Å². The fraction of sp³-hybridized carbons (Fsp3) is 0.500. The molecule has 122 valence electrons. The van der Waals surface area contributed by atoms with E-state index in [4.69, 9.17) is 27.9 Å². The molecule has 1 aliphatic rings. The van der Waals surface area contributed by atoms with E-state index in [-0.39, 0.29) is 23.3 Å². The zero-order chi connectivity index (χ0) is 16.3.